The molecule has 2 bridgehead atoms. The molecule has 3 aliphatic carbocycles. The Morgan fingerprint density at radius 2 is 2.11 bits per heavy atom. The number of hydrogen-bond donors (Lipinski definition) is 1. The highest BCUT2D eigenvalue weighted by Gasteiger charge is 2.53. The van der Waals surface area contributed by atoms with E-state index in [0.717, 1.165) is 36.3 Å². The van der Waals surface area contributed by atoms with E-state index in [9.17, 15) is 0 Å². The maximum absolute atomic E-state index is 3.87. The first-order valence-electron chi connectivity index (χ1n) is 7.70. The quantitative estimate of drug-likeness (QED) is 0.838. The van der Waals surface area contributed by atoms with Crippen LogP contribution in [-0.2, 0) is 6.54 Å². The molecule has 0 aromatic carbocycles. The zero-order valence-corrected chi connectivity index (χ0v) is 13.9. The van der Waals surface area contributed by atoms with Crippen LogP contribution in [0, 0.1) is 30.6 Å². The van der Waals surface area contributed by atoms with E-state index in [0.29, 0.717) is 0 Å². The van der Waals surface area contributed by atoms with Crippen molar-refractivity contribution in [2.75, 3.05) is 0 Å². The average molecular weight is 340 g/mol. The Hall–Kier alpha value is 0.140. The molecule has 3 heteroatoms. The Kier molecular flexibility index (Phi) is 3.28. The van der Waals surface area contributed by atoms with E-state index in [1.165, 1.54) is 46.3 Å². The number of fused-ring (bicyclic) bond motifs is 5. The zero-order valence-electron chi connectivity index (χ0n) is 11.5. The van der Waals surface area contributed by atoms with Crippen LogP contribution in [-0.4, -0.2) is 6.04 Å². The third-order valence-corrected chi connectivity index (χ3v) is 8.01. The lowest BCUT2D eigenvalue weighted by Gasteiger charge is -2.32. The fraction of sp³-hybridized carbons (Fsp3) is 0.750. The summed E-state index contributed by atoms with van der Waals surface area (Å²) in [5.41, 5.74) is 0. The highest BCUT2D eigenvalue weighted by Crippen LogP contribution is 2.58. The molecule has 3 aliphatic rings. The van der Waals surface area contributed by atoms with E-state index < -0.39 is 0 Å². The van der Waals surface area contributed by atoms with Crippen molar-refractivity contribution in [3.8, 4) is 0 Å². The fourth-order valence-electron chi connectivity index (χ4n) is 5.14. The van der Waals surface area contributed by atoms with Crippen LogP contribution < -0.4 is 5.32 Å². The number of halogens is 1. The minimum absolute atomic E-state index is 0.811. The molecule has 0 spiro atoms. The molecule has 1 aromatic heterocycles. The van der Waals surface area contributed by atoms with Crippen molar-refractivity contribution in [1.82, 2.24) is 5.32 Å². The summed E-state index contributed by atoms with van der Waals surface area (Å²) in [6.07, 6.45) is 7.55. The van der Waals surface area contributed by atoms with Crippen LogP contribution in [0.15, 0.2) is 10.5 Å². The Balaban J connectivity index is 1.40. The first kappa shape index (κ1) is 12.8. The number of hydrogen-bond acceptors (Lipinski definition) is 2. The van der Waals surface area contributed by atoms with Crippen molar-refractivity contribution >= 4 is 27.3 Å². The molecule has 4 rings (SSSR count). The SMILES string of the molecule is Cc1sc(CNC2CC3CC2C2CCCC32)cc1Br. The lowest BCUT2D eigenvalue weighted by atomic mass is 9.79. The Bertz CT molecular complexity index is 464. The van der Waals surface area contributed by atoms with Gasteiger partial charge in [-0.25, -0.2) is 0 Å². The topological polar surface area (TPSA) is 12.0 Å². The van der Waals surface area contributed by atoms with E-state index >= 15 is 0 Å². The smallest absolute Gasteiger partial charge is 0.0314 e. The summed E-state index contributed by atoms with van der Waals surface area (Å²) in [6.45, 7) is 3.27. The van der Waals surface area contributed by atoms with Crippen LogP contribution in [0.1, 0.15) is 41.9 Å². The van der Waals surface area contributed by atoms with Gasteiger partial charge < -0.3 is 5.32 Å². The van der Waals surface area contributed by atoms with Crippen molar-refractivity contribution in [1.29, 1.82) is 0 Å². The number of rotatable bonds is 3. The van der Waals surface area contributed by atoms with Gasteiger partial charge in [-0.3, -0.25) is 0 Å². The van der Waals surface area contributed by atoms with Gasteiger partial charge in [0.1, 0.15) is 0 Å². The van der Waals surface area contributed by atoms with Gasteiger partial charge in [0.25, 0.3) is 0 Å². The molecule has 19 heavy (non-hydrogen) atoms. The van der Waals surface area contributed by atoms with E-state index in [-0.39, 0.29) is 0 Å². The fourth-order valence-corrected chi connectivity index (χ4v) is 6.69. The molecule has 1 nitrogen and oxygen atoms in total. The summed E-state index contributed by atoms with van der Waals surface area (Å²) in [7, 11) is 0. The first-order valence-corrected chi connectivity index (χ1v) is 9.31. The van der Waals surface area contributed by atoms with Crippen LogP contribution >= 0.6 is 27.3 Å². The van der Waals surface area contributed by atoms with E-state index in [4.69, 9.17) is 0 Å². The highest BCUT2D eigenvalue weighted by atomic mass is 79.9. The number of nitrogens with one attached hydrogen (secondary N) is 1. The highest BCUT2D eigenvalue weighted by molar-refractivity contribution is 9.10. The molecule has 5 atom stereocenters. The average Bonchev–Trinajstić information content (AvgIpc) is 3.09. The second-order valence-corrected chi connectivity index (χ2v) is 8.95. The summed E-state index contributed by atoms with van der Waals surface area (Å²) in [5, 5.41) is 3.87. The zero-order chi connectivity index (χ0) is 13.0. The van der Waals surface area contributed by atoms with Crippen molar-refractivity contribution < 1.29 is 0 Å². The third-order valence-electron chi connectivity index (χ3n) is 5.88. The van der Waals surface area contributed by atoms with Gasteiger partial charge in [0.05, 0.1) is 0 Å². The molecular weight excluding hydrogens is 318 g/mol. The van der Waals surface area contributed by atoms with E-state index in [1.807, 2.05) is 11.3 Å². The van der Waals surface area contributed by atoms with Crippen molar-refractivity contribution in [2.24, 2.45) is 23.7 Å². The van der Waals surface area contributed by atoms with Crippen LogP contribution in [0.4, 0.5) is 0 Å². The van der Waals surface area contributed by atoms with Gasteiger partial charge in [-0.2, -0.15) is 0 Å². The van der Waals surface area contributed by atoms with Gasteiger partial charge >= 0.3 is 0 Å². The summed E-state index contributed by atoms with van der Waals surface area (Å²) in [4.78, 5) is 2.88. The van der Waals surface area contributed by atoms with Crippen LogP contribution in [0.2, 0.25) is 0 Å². The predicted octanol–water partition coefficient (Wildman–Crippen LogP) is 4.73. The molecule has 0 aliphatic heterocycles. The number of aryl methyl sites for hydroxylation is 1. The molecular formula is C16H22BrNS. The largest absolute Gasteiger partial charge is 0.309 e. The monoisotopic (exact) mass is 339 g/mol. The Labute approximate surface area is 128 Å². The lowest BCUT2D eigenvalue weighted by Crippen LogP contribution is -2.38. The minimum Gasteiger partial charge on any atom is -0.309 e. The number of thiophene rings is 1. The molecule has 104 valence electrons. The molecule has 3 fully saturated rings. The van der Waals surface area contributed by atoms with Gasteiger partial charge in [0.2, 0.25) is 0 Å². The van der Waals surface area contributed by atoms with Gasteiger partial charge in [-0.1, -0.05) is 6.42 Å². The molecule has 1 aromatic rings. The van der Waals surface area contributed by atoms with Gasteiger partial charge in [-0.15, -0.1) is 11.3 Å². The van der Waals surface area contributed by atoms with Gasteiger partial charge in [0, 0.05) is 26.8 Å². The molecule has 3 saturated carbocycles. The van der Waals surface area contributed by atoms with Crippen molar-refractivity contribution in [3.63, 3.8) is 0 Å². The standard InChI is InChI=1S/C16H22BrNS/c1-9-15(17)7-11(19-9)8-18-16-6-10-5-14(16)13-4-2-3-12(10)13/h7,10,12-14,16,18H,2-6,8H2,1H3. The first-order chi connectivity index (χ1) is 9.22. The Morgan fingerprint density at radius 3 is 2.89 bits per heavy atom. The van der Waals surface area contributed by atoms with Crippen LogP contribution in [0.5, 0.6) is 0 Å². The second kappa shape index (κ2) is 4.85. The van der Waals surface area contributed by atoms with Crippen molar-refractivity contribution in [2.45, 2.75) is 51.6 Å². The minimum atomic E-state index is 0.811. The van der Waals surface area contributed by atoms with E-state index in [2.05, 4.69) is 34.2 Å². The van der Waals surface area contributed by atoms with Crippen LogP contribution in [0.25, 0.3) is 0 Å². The normalized spacial score (nSPS) is 40.0. The molecule has 5 unspecified atom stereocenters. The summed E-state index contributed by atoms with van der Waals surface area (Å²) < 4.78 is 1.28. The Morgan fingerprint density at radius 1 is 1.26 bits per heavy atom. The summed E-state index contributed by atoms with van der Waals surface area (Å²) in [6, 6.07) is 3.10. The molecule has 0 amide bonds. The van der Waals surface area contributed by atoms with Gasteiger partial charge in [-0.05, 0) is 78.3 Å². The molecule has 0 saturated heterocycles. The maximum atomic E-state index is 3.87. The summed E-state index contributed by atoms with van der Waals surface area (Å²) >= 11 is 5.55. The maximum Gasteiger partial charge on any atom is 0.0314 e. The van der Waals surface area contributed by atoms with Gasteiger partial charge in [0.15, 0.2) is 0 Å². The van der Waals surface area contributed by atoms with Crippen LogP contribution in [0.3, 0.4) is 0 Å². The molecule has 1 heterocycles. The molecule has 1 N–H and O–H groups in total. The van der Waals surface area contributed by atoms with E-state index in [1.54, 1.807) is 0 Å². The molecule has 0 radical (unpaired) electrons. The van der Waals surface area contributed by atoms with Crippen molar-refractivity contribution in [3.05, 3.63) is 20.3 Å². The summed E-state index contributed by atoms with van der Waals surface area (Å²) in [5.74, 6) is 4.25. The second-order valence-electron chi connectivity index (χ2n) is 6.76. The predicted molar refractivity (Wildman–Crippen MR) is 84.4 cm³/mol. The lowest BCUT2D eigenvalue weighted by molar-refractivity contribution is 0.208. The third kappa shape index (κ3) is 2.13.